The summed E-state index contributed by atoms with van der Waals surface area (Å²) in [5, 5.41) is 10.0. The van der Waals surface area contributed by atoms with Crippen LogP contribution in [0.5, 0.6) is 11.5 Å². The summed E-state index contributed by atoms with van der Waals surface area (Å²) in [6.07, 6.45) is 0. The predicted molar refractivity (Wildman–Crippen MR) is 91.7 cm³/mol. The fraction of sp³-hybridized carbons (Fsp3) is 0.100. The summed E-state index contributed by atoms with van der Waals surface area (Å²) in [5.74, 6) is 1.19. The molecule has 0 spiro atoms. The third kappa shape index (κ3) is 2.61. The molecule has 3 heteroatoms. The van der Waals surface area contributed by atoms with Crippen LogP contribution >= 0.6 is 0 Å². The molecule has 23 heavy (non-hydrogen) atoms. The van der Waals surface area contributed by atoms with Crippen LogP contribution in [-0.4, -0.2) is 11.8 Å². The van der Waals surface area contributed by atoms with Crippen molar-refractivity contribution in [2.75, 3.05) is 11.6 Å². The number of phenols is 1. The Labute approximate surface area is 135 Å². The fourth-order valence-corrected chi connectivity index (χ4v) is 2.94. The average Bonchev–Trinajstić information content (AvgIpc) is 2.62. The van der Waals surface area contributed by atoms with E-state index in [-0.39, 0.29) is 5.75 Å². The monoisotopic (exact) mass is 303 g/mol. The minimum absolute atomic E-state index is 0.277. The van der Waals surface area contributed by atoms with Crippen LogP contribution in [0.1, 0.15) is 5.56 Å². The molecule has 0 bridgehead atoms. The van der Waals surface area contributed by atoms with E-state index in [1.165, 1.54) is 11.1 Å². The molecule has 0 amide bonds. The lowest BCUT2D eigenvalue weighted by molar-refractivity contribution is 0.288. The van der Waals surface area contributed by atoms with Crippen molar-refractivity contribution in [3.63, 3.8) is 0 Å². The maximum absolute atomic E-state index is 10.0. The largest absolute Gasteiger partial charge is 0.506 e. The highest BCUT2D eigenvalue weighted by atomic mass is 16.5. The van der Waals surface area contributed by atoms with Gasteiger partial charge in [0.05, 0.1) is 5.69 Å². The van der Waals surface area contributed by atoms with E-state index < -0.39 is 0 Å². The highest BCUT2D eigenvalue weighted by molar-refractivity contribution is 5.67. The number of rotatable bonds is 2. The molecular weight excluding hydrogens is 286 g/mol. The van der Waals surface area contributed by atoms with E-state index in [1.807, 2.05) is 47.4 Å². The van der Waals surface area contributed by atoms with Gasteiger partial charge in [0, 0.05) is 12.1 Å². The number of aromatic hydroxyl groups is 1. The number of para-hydroxylation sites is 2. The smallest absolute Gasteiger partial charge is 0.161 e. The molecule has 1 aliphatic heterocycles. The van der Waals surface area contributed by atoms with E-state index in [4.69, 9.17) is 4.74 Å². The van der Waals surface area contributed by atoms with Crippen molar-refractivity contribution >= 4 is 5.69 Å². The van der Waals surface area contributed by atoms with Crippen molar-refractivity contribution in [3.05, 3.63) is 78.4 Å². The van der Waals surface area contributed by atoms with Gasteiger partial charge in [0.1, 0.15) is 11.5 Å². The number of fused-ring (bicyclic) bond motifs is 1. The van der Waals surface area contributed by atoms with Gasteiger partial charge in [0.2, 0.25) is 0 Å². The molecule has 114 valence electrons. The number of anilines is 1. The summed E-state index contributed by atoms with van der Waals surface area (Å²) in [7, 11) is 0. The van der Waals surface area contributed by atoms with E-state index in [9.17, 15) is 5.11 Å². The van der Waals surface area contributed by atoms with Crippen LogP contribution in [0.15, 0.2) is 72.8 Å². The Kier molecular flexibility index (Phi) is 3.39. The summed E-state index contributed by atoms with van der Waals surface area (Å²) in [4.78, 5) is 2.03. The molecule has 0 aliphatic carbocycles. The van der Waals surface area contributed by atoms with Crippen LogP contribution in [0.25, 0.3) is 11.1 Å². The topological polar surface area (TPSA) is 32.7 Å². The lowest BCUT2D eigenvalue weighted by atomic mass is 10.0. The third-order valence-electron chi connectivity index (χ3n) is 4.13. The standard InChI is InChI=1S/C20H17NO2/c22-19-9-5-4-8-18(19)21-13-17-12-16(10-11-20(17)23-14-21)15-6-2-1-3-7-15/h1-12,22H,13-14H2. The highest BCUT2D eigenvalue weighted by Gasteiger charge is 2.20. The lowest BCUT2D eigenvalue weighted by Gasteiger charge is -2.31. The first-order chi connectivity index (χ1) is 11.3. The highest BCUT2D eigenvalue weighted by Crippen LogP contribution is 2.34. The second-order valence-corrected chi connectivity index (χ2v) is 5.65. The van der Waals surface area contributed by atoms with Crippen molar-refractivity contribution < 1.29 is 9.84 Å². The van der Waals surface area contributed by atoms with Crippen molar-refractivity contribution in [1.82, 2.24) is 0 Å². The zero-order valence-electron chi connectivity index (χ0n) is 12.6. The van der Waals surface area contributed by atoms with E-state index in [0.29, 0.717) is 13.3 Å². The van der Waals surface area contributed by atoms with Gasteiger partial charge in [0.15, 0.2) is 6.73 Å². The molecule has 0 saturated carbocycles. The van der Waals surface area contributed by atoms with Crippen LogP contribution in [0.4, 0.5) is 5.69 Å². The van der Waals surface area contributed by atoms with Gasteiger partial charge in [-0.3, -0.25) is 0 Å². The first-order valence-electron chi connectivity index (χ1n) is 7.65. The molecule has 0 atom stereocenters. The van der Waals surface area contributed by atoms with Gasteiger partial charge in [-0.1, -0.05) is 48.5 Å². The Morgan fingerprint density at radius 3 is 2.43 bits per heavy atom. The van der Waals surface area contributed by atoms with Crippen LogP contribution in [0.3, 0.4) is 0 Å². The molecule has 0 fully saturated rings. The minimum atomic E-state index is 0.277. The molecule has 3 nitrogen and oxygen atoms in total. The maximum Gasteiger partial charge on any atom is 0.161 e. The first kappa shape index (κ1) is 13.7. The van der Waals surface area contributed by atoms with E-state index in [0.717, 1.165) is 17.0 Å². The Morgan fingerprint density at radius 2 is 1.61 bits per heavy atom. The lowest BCUT2D eigenvalue weighted by Crippen LogP contribution is -2.31. The molecule has 0 aromatic heterocycles. The Bertz CT molecular complexity index is 830. The normalized spacial score (nSPS) is 13.3. The molecule has 1 aliphatic rings. The molecule has 0 radical (unpaired) electrons. The predicted octanol–water partition coefficient (Wildman–Crippen LogP) is 4.42. The zero-order chi connectivity index (χ0) is 15.6. The van der Waals surface area contributed by atoms with Gasteiger partial charge in [-0.05, 0) is 35.4 Å². The molecule has 1 N–H and O–H groups in total. The molecule has 0 saturated heterocycles. The number of phenolic OH excluding ortho intramolecular Hbond substituents is 1. The number of hydrogen-bond acceptors (Lipinski definition) is 3. The van der Waals surface area contributed by atoms with Crippen LogP contribution in [0.2, 0.25) is 0 Å². The summed E-state index contributed by atoms with van der Waals surface area (Å²) in [6, 6.07) is 23.9. The molecule has 1 heterocycles. The number of ether oxygens (including phenoxy) is 1. The van der Waals surface area contributed by atoms with Crippen LogP contribution in [-0.2, 0) is 6.54 Å². The SMILES string of the molecule is Oc1ccccc1N1COc2ccc(-c3ccccc3)cc2C1. The minimum Gasteiger partial charge on any atom is -0.506 e. The Hall–Kier alpha value is -2.94. The Morgan fingerprint density at radius 1 is 0.826 bits per heavy atom. The summed E-state index contributed by atoms with van der Waals surface area (Å²) >= 11 is 0. The number of benzene rings is 3. The first-order valence-corrected chi connectivity index (χ1v) is 7.65. The average molecular weight is 303 g/mol. The molecule has 3 aromatic carbocycles. The van der Waals surface area contributed by atoms with Gasteiger partial charge >= 0.3 is 0 Å². The Balaban J connectivity index is 1.67. The van der Waals surface area contributed by atoms with Gasteiger partial charge < -0.3 is 14.7 Å². The maximum atomic E-state index is 10.0. The van der Waals surface area contributed by atoms with Crippen molar-refractivity contribution in [3.8, 4) is 22.6 Å². The molecular formula is C20H17NO2. The van der Waals surface area contributed by atoms with E-state index in [2.05, 4.69) is 24.3 Å². The van der Waals surface area contributed by atoms with Gasteiger partial charge in [-0.25, -0.2) is 0 Å². The van der Waals surface area contributed by atoms with Crippen LogP contribution < -0.4 is 9.64 Å². The summed E-state index contributed by atoms with van der Waals surface area (Å²) in [5.41, 5.74) is 4.28. The van der Waals surface area contributed by atoms with Gasteiger partial charge in [-0.15, -0.1) is 0 Å². The number of hydrogen-bond donors (Lipinski definition) is 1. The zero-order valence-corrected chi connectivity index (χ0v) is 12.6. The van der Waals surface area contributed by atoms with Crippen molar-refractivity contribution in [1.29, 1.82) is 0 Å². The molecule has 4 rings (SSSR count). The summed E-state index contributed by atoms with van der Waals surface area (Å²) < 4.78 is 5.85. The van der Waals surface area contributed by atoms with E-state index in [1.54, 1.807) is 6.07 Å². The molecule has 3 aromatic rings. The van der Waals surface area contributed by atoms with Gasteiger partial charge in [0.25, 0.3) is 0 Å². The third-order valence-corrected chi connectivity index (χ3v) is 4.13. The number of nitrogens with zero attached hydrogens (tertiary/aromatic N) is 1. The second-order valence-electron chi connectivity index (χ2n) is 5.65. The quantitative estimate of drug-likeness (QED) is 0.761. The van der Waals surface area contributed by atoms with Crippen molar-refractivity contribution in [2.45, 2.75) is 6.54 Å². The van der Waals surface area contributed by atoms with Crippen LogP contribution in [0, 0.1) is 0 Å². The second kappa shape index (κ2) is 5.69. The molecule has 0 unspecified atom stereocenters. The van der Waals surface area contributed by atoms with E-state index >= 15 is 0 Å². The van der Waals surface area contributed by atoms with Crippen molar-refractivity contribution in [2.24, 2.45) is 0 Å². The summed E-state index contributed by atoms with van der Waals surface area (Å²) in [6.45, 7) is 1.16. The fourth-order valence-electron chi connectivity index (χ4n) is 2.94. The van der Waals surface area contributed by atoms with Gasteiger partial charge in [-0.2, -0.15) is 0 Å².